The smallest absolute Gasteiger partial charge is 0.243 e. The van der Waals surface area contributed by atoms with Gasteiger partial charge in [0.25, 0.3) is 0 Å². The van der Waals surface area contributed by atoms with Crippen molar-refractivity contribution in [3.05, 3.63) is 47.5 Å². The maximum Gasteiger partial charge on any atom is 0.243 e. The Kier molecular flexibility index (Phi) is 5.43. The molecule has 0 saturated carbocycles. The van der Waals surface area contributed by atoms with Crippen LogP contribution in [0.15, 0.2) is 42.5 Å². The quantitative estimate of drug-likeness (QED) is 0.633. The summed E-state index contributed by atoms with van der Waals surface area (Å²) in [5.41, 5.74) is 1.56. The third kappa shape index (κ3) is 5.19. The first-order valence-corrected chi connectivity index (χ1v) is 7.22. The van der Waals surface area contributed by atoms with Crippen LogP contribution in [0.2, 0.25) is 5.02 Å². The van der Waals surface area contributed by atoms with Crippen LogP contribution in [0, 0.1) is 0 Å². The first kappa shape index (κ1) is 16.6. The lowest BCUT2D eigenvalue weighted by atomic mass is 10.2. The maximum atomic E-state index is 11.9. The van der Waals surface area contributed by atoms with Crippen LogP contribution in [0.4, 0.5) is 17.1 Å². The van der Waals surface area contributed by atoms with Gasteiger partial charge in [0.15, 0.2) is 0 Å². The van der Waals surface area contributed by atoms with E-state index >= 15 is 0 Å². The van der Waals surface area contributed by atoms with Crippen LogP contribution in [-0.2, 0) is 9.59 Å². The van der Waals surface area contributed by atoms with Crippen molar-refractivity contribution in [1.29, 1.82) is 0 Å². The van der Waals surface area contributed by atoms with Gasteiger partial charge < -0.3 is 21.1 Å². The summed E-state index contributed by atoms with van der Waals surface area (Å²) < 4.78 is 0. The van der Waals surface area contributed by atoms with E-state index in [1.165, 1.54) is 19.1 Å². The summed E-state index contributed by atoms with van der Waals surface area (Å²) in [6, 6.07) is 11.2. The largest absolute Gasteiger partial charge is 0.508 e. The van der Waals surface area contributed by atoms with Crippen molar-refractivity contribution in [2.75, 3.05) is 22.5 Å². The number of nitrogens with one attached hydrogen (secondary N) is 3. The van der Waals surface area contributed by atoms with Gasteiger partial charge in [-0.1, -0.05) is 11.6 Å². The molecule has 23 heavy (non-hydrogen) atoms. The van der Waals surface area contributed by atoms with E-state index in [1.54, 1.807) is 30.3 Å². The zero-order chi connectivity index (χ0) is 16.8. The van der Waals surface area contributed by atoms with Gasteiger partial charge in [-0.3, -0.25) is 9.59 Å². The molecule has 2 aromatic rings. The monoisotopic (exact) mass is 333 g/mol. The van der Waals surface area contributed by atoms with Crippen LogP contribution in [0.25, 0.3) is 0 Å². The third-order valence-corrected chi connectivity index (χ3v) is 3.13. The Balaban J connectivity index is 1.99. The van der Waals surface area contributed by atoms with E-state index in [-0.39, 0.29) is 24.1 Å². The van der Waals surface area contributed by atoms with Crippen molar-refractivity contribution >= 4 is 40.5 Å². The highest BCUT2D eigenvalue weighted by Gasteiger charge is 2.08. The lowest BCUT2D eigenvalue weighted by molar-refractivity contribution is -0.115. The number of hydrogen-bond donors (Lipinski definition) is 4. The predicted molar refractivity (Wildman–Crippen MR) is 91.0 cm³/mol. The second-order valence-electron chi connectivity index (χ2n) is 4.82. The number of carbonyl (C=O) groups is 2. The first-order chi connectivity index (χ1) is 10.9. The van der Waals surface area contributed by atoms with Crippen LogP contribution in [0.3, 0.4) is 0 Å². The summed E-state index contributed by atoms with van der Waals surface area (Å²) in [5, 5.41) is 18.3. The Morgan fingerprint density at radius 1 is 1.04 bits per heavy atom. The minimum Gasteiger partial charge on any atom is -0.508 e. The topological polar surface area (TPSA) is 90.5 Å². The summed E-state index contributed by atoms with van der Waals surface area (Å²) in [7, 11) is 0. The van der Waals surface area contributed by atoms with E-state index in [2.05, 4.69) is 16.0 Å². The second kappa shape index (κ2) is 7.51. The SMILES string of the molecule is CC(=O)Nc1ccc(O)cc1NCC(=O)Nc1ccc(Cl)cc1. The molecule has 0 radical (unpaired) electrons. The predicted octanol–water partition coefficient (Wildman–Crippen LogP) is 3.05. The number of amides is 2. The van der Waals surface area contributed by atoms with Crippen molar-refractivity contribution in [2.24, 2.45) is 0 Å². The molecule has 2 amide bonds. The molecule has 0 aromatic heterocycles. The number of rotatable bonds is 5. The molecular weight excluding hydrogens is 318 g/mol. The fourth-order valence-electron chi connectivity index (χ4n) is 1.89. The van der Waals surface area contributed by atoms with E-state index < -0.39 is 0 Å². The standard InChI is InChI=1S/C16H16ClN3O3/c1-10(21)19-14-7-6-13(22)8-15(14)18-9-16(23)20-12-4-2-11(17)3-5-12/h2-8,18,22H,9H2,1H3,(H,19,21)(H,20,23). The maximum absolute atomic E-state index is 11.9. The van der Waals surface area contributed by atoms with Gasteiger partial charge >= 0.3 is 0 Å². The summed E-state index contributed by atoms with van der Waals surface area (Å²) >= 11 is 5.78. The van der Waals surface area contributed by atoms with Gasteiger partial charge in [0, 0.05) is 23.7 Å². The molecule has 6 nitrogen and oxygen atoms in total. The van der Waals surface area contributed by atoms with Crippen LogP contribution < -0.4 is 16.0 Å². The van der Waals surface area contributed by atoms with Crippen molar-refractivity contribution in [2.45, 2.75) is 6.92 Å². The van der Waals surface area contributed by atoms with Crippen LogP contribution in [0.1, 0.15) is 6.92 Å². The number of benzene rings is 2. The highest BCUT2D eigenvalue weighted by molar-refractivity contribution is 6.30. The molecule has 0 unspecified atom stereocenters. The minimum atomic E-state index is -0.274. The zero-order valence-corrected chi connectivity index (χ0v) is 13.1. The van der Waals surface area contributed by atoms with E-state index in [0.29, 0.717) is 22.1 Å². The third-order valence-electron chi connectivity index (χ3n) is 2.88. The number of anilines is 3. The number of phenolic OH excluding ortho intramolecular Hbond substituents is 1. The molecule has 0 spiro atoms. The van der Waals surface area contributed by atoms with Gasteiger partial charge in [-0.2, -0.15) is 0 Å². The molecular formula is C16H16ClN3O3. The molecule has 0 saturated heterocycles. The average molecular weight is 334 g/mol. The lowest BCUT2D eigenvalue weighted by Crippen LogP contribution is -2.22. The highest BCUT2D eigenvalue weighted by Crippen LogP contribution is 2.26. The first-order valence-electron chi connectivity index (χ1n) is 6.84. The molecule has 2 rings (SSSR count). The van der Waals surface area contributed by atoms with Gasteiger partial charge in [0.2, 0.25) is 11.8 Å². The molecule has 0 aliphatic carbocycles. The van der Waals surface area contributed by atoms with Crippen LogP contribution >= 0.6 is 11.6 Å². The summed E-state index contributed by atoms with van der Waals surface area (Å²) in [5.74, 6) is -0.492. The molecule has 0 bridgehead atoms. The van der Waals surface area contributed by atoms with Gasteiger partial charge in [-0.05, 0) is 36.4 Å². The Morgan fingerprint density at radius 3 is 2.39 bits per heavy atom. The fourth-order valence-corrected chi connectivity index (χ4v) is 2.02. The van der Waals surface area contributed by atoms with Crippen molar-refractivity contribution in [3.8, 4) is 5.75 Å². The Labute approximate surface area is 138 Å². The Hall–Kier alpha value is -2.73. The van der Waals surface area contributed by atoms with Crippen molar-refractivity contribution in [3.63, 3.8) is 0 Å². The van der Waals surface area contributed by atoms with Crippen molar-refractivity contribution in [1.82, 2.24) is 0 Å². The highest BCUT2D eigenvalue weighted by atomic mass is 35.5. The second-order valence-corrected chi connectivity index (χ2v) is 5.26. The Morgan fingerprint density at radius 2 is 1.74 bits per heavy atom. The molecule has 0 fully saturated rings. The summed E-state index contributed by atoms with van der Waals surface area (Å²) in [6.45, 7) is 1.35. The molecule has 0 aliphatic rings. The molecule has 4 N–H and O–H groups in total. The number of hydrogen-bond acceptors (Lipinski definition) is 4. The van der Waals surface area contributed by atoms with E-state index in [9.17, 15) is 14.7 Å². The minimum absolute atomic E-state index is 0.0275. The molecule has 2 aromatic carbocycles. The van der Waals surface area contributed by atoms with E-state index in [0.717, 1.165) is 0 Å². The van der Waals surface area contributed by atoms with Gasteiger partial charge in [0.1, 0.15) is 5.75 Å². The van der Waals surface area contributed by atoms with Gasteiger partial charge in [-0.25, -0.2) is 0 Å². The zero-order valence-electron chi connectivity index (χ0n) is 12.4. The summed E-state index contributed by atoms with van der Waals surface area (Å²) in [6.07, 6.45) is 0. The molecule has 0 atom stereocenters. The van der Waals surface area contributed by atoms with Crippen molar-refractivity contribution < 1.29 is 14.7 Å². The summed E-state index contributed by atoms with van der Waals surface area (Å²) in [4.78, 5) is 23.1. The molecule has 7 heteroatoms. The molecule has 120 valence electrons. The van der Waals surface area contributed by atoms with Gasteiger partial charge in [-0.15, -0.1) is 0 Å². The number of aromatic hydroxyl groups is 1. The number of phenols is 1. The lowest BCUT2D eigenvalue weighted by Gasteiger charge is -2.13. The van der Waals surface area contributed by atoms with E-state index in [1.807, 2.05) is 0 Å². The molecule has 0 heterocycles. The van der Waals surface area contributed by atoms with Crippen LogP contribution in [0.5, 0.6) is 5.75 Å². The Bertz CT molecular complexity index is 717. The number of carbonyl (C=O) groups excluding carboxylic acids is 2. The fraction of sp³-hybridized carbons (Fsp3) is 0.125. The van der Waals surface area contributed by atoms with Gasteiger partial charge in [0.05, 0.1) is 17.9 Å². The number of halogens is 1. The average Bonchev–Trinajstić information content (AvgIpc) is 2.49. The van der Waals surface area contributed by atoms with Crippen LogP contribution in [-0.4, -0.2) is 23.5 Å². The van der Waals surface area contributed by atoms with E-state index in [4.69, 9.17) is 11.6 Å². The molecule has 0 aliphatic heterocycles. The normalized spacial score (nSPS) is 10.0.